The van der Waals surface area contributed by atoms with Crippen LogP contribution in [0, 0.1) is 13.8 Å². The van der Waals surface area contributed by atoms with Crippen molar-refractivity contribution in [3.05, 3.63) is 40.8 Å². The summed E-state index contributed by atoms with van der Waals surface area (Å²) in [5, 5.41) is 3.61. The highest BCUT2D eigenvalue weighted by molar-refractivity contribution is 8.00. The van der Waals surface area contributed by atoms with Gasteiger partial charge in [0.2, 0.25) is 5.78 Å². The predicted molar refractivity (Wildman–Crippen MR) is 108 cm³/mol. The van der Waals surface area contributed by atoms with Crippen LogP contribution in [0.3, 0.4) is 0 Å². The third kappa shape index (κ3) is 4.39. The van der Waals surface area contributed by atoms with Crippen molar-refractivity contribution < 1.29 is 14.3 Å². The lowest BCUT2D eigenvalue weighted by Crippen LogP contribution is -2.16. The maximum Gasteiger partial charge on any atom is 0.316 e. The van der Waals surface area contributed by atoms with E-state index in [-0.39, 0.29) is 18.1 Å². The fourth-order valence-corrected chi connectivity index (χ4v) is 4.50. The number of rotatable bonds is 8. The molecule has 27 heavy (non-hydrogen) atoms. The Morgan fingerprint density at radius 1 is 1.30 bits per heavy atom. The minimum absolute atomic E-state index is 0.101. The molecule has 3 aromatic heterocycles. The zero-order valence-corrected chi connectivity index (χ0v) is 17.2. The van der Waals surface area contributed by atoms with Crippen LogP contribution in [-0.4, -0.2) is 38.6 Å². The van der Waals surface area contributed by atoms with Crippen LogP contribution in [0.4, 0.5) is 0 Å². The van der Waals surface area contributed by atoms with Gasteiger partial charge in [0.15, 0.2) is 6.61 Å². The summed E-state index contributed by atoms with van der Waals surface area (Å²) in [5.41, 5.74) is 2.59. The molecule has 0 aliphatic carbocycles. The zero-order valence-electron chi connectivity index (χ0n) is 15.5. The molecular formula is C19H21N3O3S2. The van der Waals surface area contributed by atoms with Gasteiger partial charge in [-0.3, -0.25) is 9.59 Å². The van der Waals surface area contributed by atoms with Gasteiger partial charge in [-0.15, -0.1) is 11.3 Å². The largest absolute Gasteiger partial charge is 0.457 e. The maximum absolute atomic E-state index is 12.4. The van der Waals surface area contributed by atoms with Gasteiger partial charge in [-0.1, -0.05) is 18.7 Å². The second kappa shape index (κ2) is 8.67. The van der Waals surface area contributed by atoms with Gasteiger partial charge in [-0.25, -0.2) is 9.97 Å². The molecule has 0 aliphatic heterocycles. The number of carbonyl (C=O) groups is 2. The van der Waals surface area contributed by atoms with E-state index < -0.39 is 5.97 Å². The van der Waals surface area contributed by atoms with Gasteiger partial charge in [-0.2, -0.15) is 0 Å². The molecule has 0 aliphatic rings. The number of ether oxygens (including phenoxy) is 1. The van der Waals surface area contributed by atoms with Crippen LogP contribution in [0.2, 0.25) is 0 Å². The molecule has 0 N–H and O–H groups in total. The molecule has 0 saturated carbocycles. The number of esters is 1. The SMILES string of the molecule is CCCn1c(C)cc(C(=O)COC(=O)CSc2ncnc3sccc23)c1C. The first kappa shape index (κ1) is 19.6. The fraction of sp³-hybridized carbons (Fsp3) is 0.368. The Bertz CT molecular complexity index is 978. The molecule has 0 atom stereocenters. The van der Waals surface area contributed by atoms with Gasteiger partial charge >= 0.3 is 5.97 Å². The molecule has 0 spiro atoms. The van der Waals surface area contributed by atoms with Crippen LogP contribution >= 0.6 is 23.1 Å². The number of nitrogens with zero attached hydrogens (tertiary/aromatic N) is 3. The molecule has 3 rings (SSSR count). The number of thioether (sulfide) groups is 1. The molecule has 3 heterocycles. The number of carbonyl (C=O) groups excluding carboxylic acids is 2. The minimum atomic E-state index is -0.433. The Kier molecular flexibility index (Phi) is 6.28. The predicted octanol–water partition coefficient (Wildman–Crippen LogP) is 4.04. The Morgan fingerprint density at radius 3 is 2.89 bits per heavy atom. The lowest BCUT2D eigenvalue weighted by Gasteiger charge is -2.08. The Hall–Kier alpha value is -2.19. The highest BCUT2D eigenvalue weighted by Gasteiger charge is 2.17. The number of aryl methyl sites for hydroxylation is 1. The molecule has 0 unspecified atom stereocenters. The zero-order chi connectivity index (χ0) is 19.4. The molecule has 6 nitrogen and oxygen atoms in total. The Balaban J connectivity index is 1.55. The average molecular weight is 404 g/mol. The van der Waals surface area contributed by atoms with Crippen molar-refractivity contribution in [3.8, 4) is 0 Å². The van der Waals surface area contributed by atoms with Crippen LogP contribution in [0.1, 0.15) is 35.1 Å². The topological polar surface area (TPSA) is 74.1 Å². The second-order valence-corrected chi connectivity index (χ2v) is 7.99. The first-order valence-electron chi connectivity index (χ1n) is 8.67. The first-order chi connectivity index (χ1) is 13.0. The summed E-state index contributed by atoms with van der Waals surface area (Å²) in [5.74, 6) is -0.506. The van der Waals surface area contributed by atoms with Gasteiger partial charge in [0.25, 0.3) is 0 Å². The van der Waals surface area contributed by atoms with Crippen molar-refractivity contribution in [2.45, 2.75) is 38.8 Å². The highest BCUT2D eigenvalue weighted by Crippen LogP contribution is 2.27. The Morgan fingerprint density at radius 2 is 2.11 bits per heavy atom. The van der Waals surface area contributed by atoms with Gasteiger partial charge in [0.1, 0.15) is 16.2 Å². The number of hydrogen-bond acceptors (Lipinski definition) is 7. The molecule has 0 aromatic carbocycles. The van der Waals surface area contributed by atoms with Crippen LogP contribution < -0.4 is 0 Å². The van der Waals surface area contributed by atoms with Crippen LogP contribution in [0.5, 0.6) is 0 Å². The third-order valence-electron chi connectivity index (χ3n) is 4.24. The highest BCUT2D eigenvalue weighted by atomic mass is 32.2. The van der Waals surface area contributed by atoms with Crippen molar-refractivity contribution in [2.24, 2.45) is 0 Å². The summed E-state index contributed by atoms with van der Waals surface area (Å²) < 4.78 is 7.30. The van der Waals surface area contributed by atoms with E-state index >= 15 is 0 Å². The summed E-state index contributed by atoms with van der Waals surface area (Å²) in [6.45, 7) is 6.63. The summed E-state index contributed by atoms with van der Waals surface area (Å²) >= 11 is 2.82. The van der Waals surface area contributed by atoms with Crippen molar-refractivity contribution in [3.63, 3.8) is 0 Å². The van der Waals surface area contributed by atoms with E-state index in [1.807, 2.05) is 31.4 Å². The number of Topliss-reactive ketones (excluding diaryl/α,β-unsaturated/α-hetero) is 1. The lowest BCUT2D eigenvalue weighted by atomic mass is 10.1. The summed E-state index contributed by atoms with van der Waals surface area (Å²) in [6.07, 6.45) is 2.48. The maximum atomic E-state index is 12.4. The minimum Gasteiger partial charge on any atom is -0.457 e. The number of thiophene rings is 1. The number of ketones is 1. The van der Waals surface area contributed by atoms with E-state index in [1.54, 1.807) is 0 Å². The molecule has 8 heteroatoms. The summed E-state index contributed by atoms with van der Waals surface area (Å²) in [4.78, 5) is 33.8. The summed E-state index contributed by atoms with van der Waals surface area (Å²) in [7, 11) is 0. The molecule has 0 radical (unpaired) electrons. The van der Waals surface area contributed by atoms with Gasteiger partial charge in [-0.05, 0) is 37.8 Å². The quantitative estimate of drug-likeness (QED) is 0.245. The standard InChI is InChI=1S/C19H21N3O3S2/c1-4-6-22-12(2)8-15(13(22)3)16(23)9-25-17(24)10-27-19-14-5-7-26-18(14)20-11-21-19/h5,7-8,11H,4,6,9-10H2,1-3H3. The van der Waals surface area contributed by atoms with Crippen molar-refractivity contribution in [1.82, 2.24) is 14.5 Å². The molecule has 0 fully saturated rings. The number of aromatic nitrogens is 3. The number of fused-ring (bicyclic) bond motifs is 1. The van der Waals surface area contributed by atoms with E-state index in [0.717, 1.165) is 39.6 Å². The second-order valence-electron chi connectivity index (χ2n) is 6.13. The number of hydrogen-bond donors (Lipinski definition) is 0. The van der Waals surface area contributed by atoms with Crippen LogP contribution in [0.15, 0.2) is 28.9 Å². The third-order valence-corrected chi connectivity index (χ3v) is 6.04. The lowest BCUT2D eigenvalue weighted by molar-refractivity contribution is -0.139. The van der Waals surface area contributed by atoms with E-state index in [1.165, 1.54) is 29.4 Å². The smallest absolute Gasteiger partial charge is 0.316 e. The van der Waals surface area contributed by atoms with Crippen LogP contribution in [0.25, 0.3) is 10.2 Å². The monoisotopic (exact) mass is 403 g/mol. The molecular weight excluding hydrogens is 382 g/mol. The van der Waals surface area contributed by atoms with E-state index in [0.29, 0.717) is 5.56 Å². The van der Waals surface area contributed by atoms with Crippen molar-refractivity contribution in [1.29, 1.82) is 0 Å². The van der Waals surface area contributed by atoms with Gasteiger partial charge in [0.05, 0.1) is 5.75 Å². The average Bonchev–Trinajstić information content (AvgIpc) is 3.25. The van der Waals surface area contributed by atoms with E-state index in [4.69, 9.17) is 4.74 Å². The van der Waals surface area contributed by atoms with Gasteiger partial charge in [0, 0.05) is 28.9 Å². The van der Waals surface area contributed by atoms with E-state index in [2.05, 4.69) is 21.5 Å². The molecule has 0 saturated heterocycles. The van der Waals surface area contributed by atoms with E-state index in [9.17, 15) is 9.59 Å². The van der Waals surface area contributed by atoms with Crippen molar-refractivity contribution in [2.75, 3.05) is 12.4 Å². The molecule has 0 bridgehead atoms. The first-order valence-corrected chi connectivity index (χ1v) is 10.5. The molecule has 0 amide bonds. The molecule has 142 valence electrons. The van der Waals surface area contributed by atoms with Gasteiger partial charge < -0.3 is 9.30 Å². The fourth-order valence-electron chi connectivity index (χ4n) is 2.93. The Labute approximate surface area is 166 Å². The van der Waals surface area contributed by atoms with Crippen LogP contribution in [-0.2, 0) is 16.1 Å². The normalized spacial score (nSPS) is 11.1. The van der Waals surface area contributed by atoms with Crippen molar-refractivity contribution >= 4 is 45.1 Å². The summed E-state index contributed by atoms with van der Waals surface area (Å²) in [6, 6.07) is 3.80. The molecule has 3 aromatic rings.